The minimum Gasteiger partial charge on any atom is -0.373 e. The molecule has 0 amide bonds. The van der Waals surface area contributed by atoms with E-state index in [0.29, 0.717) is 13.2 Å². The second-order valence-electron chi connectivity index (χ2n) is 8.98. The molecule has 31 heavy (non-hydrogen) atoms. The topological polar surface area (TPSA) is 9.23 Å². The molecule has 1 fully saturated rings. The highest BCUT2D eigenvalue weighted by Gasteiger charge is 2.22. The van der Waals surface area contributed by atoms with E-state index in [4.69, 9.17) is 4.74 Å². The summed E-state index contributed by atoms with van der Waals surface area (Å²) >= 11 is 0. The summed E-state index contributed by atoms with van der Waals surface area (Å²) < 4.78 is 5.66. The molecule has 0 saturated heterocycles. The molecule has 0 heterocycles. The highest BCUT2D eigenvalue weighted by Crippen LogP contribution is 2.37. The molecule has 2 aromatic carbocycles. The number of aryl methyl sites for hydroxylation is 1. The molecule has 1 aliphatic rings. The lowest BCUT2D eigenvalue weighted by molar-refractivity contribution is 0.148. The maximum Gasteiger partial charge on any atom is 0.0721 e. The SMILES string of the molecule is CC=CCOCc1ccc(C2CCC(CCc3ccc(CC=CCC)cc3)CC2)cc1. The van der Waals surface area contributed by atoms with Crippen LogP contribution in [-0.2, 0) is 24.2 Å². The molecule has 0 spiro atoms. The van der Waals surface area contributed by atoms with Gasteiger partial charge in [0.1, 0.15) is 0 Å². The Kier molecular flexibility index (Phi) is 10.1. The first-order chi connectivity index (χ1) is 15.3. The zero-order chi connectivity index (χ0) is 21.7. The predicted octanol–water partition coefficient (Wildman–Crippen LogP) is 8.19. The van der Waals surface area contributed by atoms with Crippen LogP contribution in [0.3, 0.4) is 0 Å². The van der Waals surface area contributed by atoms with Crippen LogP contribution in [-0.4, -0.2) is 6.61 Å². The van der Waals surface area contributed by atoms with Gasteiger partial charge < -0.3 is 4.74 Å². The predicted molar refractivity (Wildman–Crippen MR) is 134 cm³/mol. The summed E-state index contributed by atoms with van der Waals surface area (Å²) in [6, 6.07) is 18.4. The Hall–Kier alpha value is -2.12. The molecule has 1 heteroatoms. The number of benzene rings is 2. The molecule has 2 aromatic rings. The Morgan fingerprint density at radius 2 is 1.48 bits per heavy atom. The Labute approximate surface area is 190 Å². The van der Waals surface area contributed by atoms with Crippen molar-refractivity contribution in [1.82, 2.24) is 0 Å². The Morgan fingerprint density at radius 1 is 0.806 bits per heavy atom. The van der Waals surface area contributed by atoms with Crippen molar-refractivity contribution in [3.8, 4) is 0 Å². The smallest absolute Gasteiger partial charge is 0.0721 e. The molecular formula is C30H40O. The number of rotatable bonds is 11. The fraction of sp³-hybridized carbons (Fsp3) is 0.467. The van der Waals surface area contributed by atoms with Gasteiger partial charge in [-0.25, -0.2) is 0 Å². The molecule has 166 valence electrons. The van der Waals surface area contributed by atoms with Gasteiger partial charge in [0.2, 0.25) is 0 Å². The molecular weight excluding hydrogens is 376 g/mol. The van der Waals surface area contributed by atoms with E-state index in [9.17, 15) is 0 Å². The zero-order valence-corrected chi connectivity index (χ0v) is 19.6. The van der Waals surface area contributed by atoms with Crippen LogP contribution in [0, 0.1) is 5.92 Å². The lowest BCUT2D eigenvalue weighted by Gasteiger charge is -2.29. The second-order valence-corrected chi connectivity index (χ2v) is 8.98. The van der Waals surface area contributed by atoms with Gasteiger partial charge in [-0.3, -0.25) is 0 Å². The van der Waals surface area contributed by atoms with Crippen molar-refractivity contribution in [3.05, 3.63) is 95.1 Å². The van der Waals surface area contributed by atoms with Crippen molar-refractivity contribution >= 4 is 0 Å². The normalized spacial score (nSPS) is 19.4. The van der Waals surface area contributed by atoms with E-state index in [0.717, 1.165) is 24.7 Å². The van der Waals surface area contributed by atoms with E-state index in [1.165, 1.54) is 60.8 Å². The van der Waals surface area contributed by atoms with Gasteiger partial charge in [-0.15, -0.1) is 0 Å². The number of hydrogen-bond acceptors (Lipinski definition) is 1. The first-order valence-corrected chi connectivity index (χ1v) is 12.3. The summed E-state index contributed by atoms with van der Waals surface area (Å²) in [5, 5.41) is 0. The lowest BCUT2D eigenvalue weighted by Crippen LogP contribution is -2.14. The summed E-state index contributed by atoms with van der Waals surface area (Å²) in [6.07, 6.45) is 18.8. The fourth-order valence-electron chi connectivity index (χ4n) is 4.61. The first kappa shape index (κ1) is 23.5. The Morgan fingerprint density at radius 3 is 2.16 bits per heavy atom. The van der Waals surface area contributed by atoms with Crippen LogP contribution in [0.4, 0.5) is 0 Å². The van der Waals surface area contributed by atoms with E-state index >= 15 is 0 Å². The van der Waals surface area contributed by atoms with E-state index in [2.05, 4.69) is 67.6 Å². The first-order valence-electron chi connectivity index (χ1n) is 12.3. The third kappa shape index (κ3) is 8.15. The zero-order valence-electron chi connectivity index (χ0n) is 19.6. The summed E-state index contributed by atoms with van der Waals surface area (Å²) in [5.74, 6) is 1.63. The molecule has 0 bridgehead atoms. The van der Waals surface area contributed by atoms with Crippen molar-refractivity contribution in [1.29, 1.82) is 0 Å². The summed E-state index contributed by atoms with van der Waals surface area (Å²) in [5.41, 5.74) is 5.71. The minimum absolute atomic E-state index is 0.697. The van der Waals surface area contributed by atoms with E-state index in [-0.39, 0.29) is 0 Å². The molecule has 1 saturated carbocycles. The molecule has 0 radical (unpaired) electrons. The van der Waals surface area contributed by atoms with Gasteiger partial charge in [-0.05, 0) is 92.4 Å². The Bertz CT molecular complexity index is 789. The van der Waals surface area contributed by atoms with Crippen molar-refractivity contribution in [2.45, 2.75) is 77.7 Å². The van der Waals surface area contributed by atoms with Crippen molar-refractivity contribution in [2.75, 3.05) is 6.61 Å². The fourth-order valence-corrected chi connectivity index (χ4v) is 4.61. The van der Waals surface area contributed by atoms with Gasteiger partial charge in [0.05, 0.1) is 13.2 Å². The molecule has 0 atom stereocenters. The molecule has 0 unspecified atom stereocenters. The van der Waals surface area contributed by atoms with Crippen LogP contribution >= 0.6 is 0 Å². The molecule has 0 aliphatic heterocycles. The van der Waals surface area contributed by atoms with Gasteiger partial charge >= 0.3 is 0 Å². The maximum absolute atomic E-state index is 5.66. The van der Waals surface area contributed by atoms with Crippen LogP contribution in [0.2, 0.25) is 0 Å². The van der Waals surface area contributed by atoms with Crippen molar-refractivity contribution in [2.24, 2.45) is 5.92 Å². The molecule has 0 aromatic heterocycles. The van der Waals surface area contributed by atoms with E-state index in [1.807, 2.05) is 19.1 Å². The average molecular weight is 417 g/mol. The van der Waals surface area contributed by atoms with Gasteiger partial charge in [0.15, 0.2) is 0 Å². The largest absolute Gasteiger partial charge is 0.373 e. The standard InChI is InChI=1S/C30H40O/c1-3-5-7-8-25-9-11-26(12-10-25)13-14-27-15-19-29(20-16-27)30-21-17-28(18-22-30)24-31-23-6-4-2/h4-7,9-12,17-18,21-22,27,29H,3,8,13-16,19-20,23-24H2,1-2H3. The molecule has 1 nitrogen and oxygen atoms in total. The van der Waals surface area contributed by atoms with Gasteiger partial charge in [0, 0.05) is 0 Å². The van der Waals surface area contributed by atoms with Crippen LogP contribution < -0.4 is 0 Å². The van der Waals surface area contributed by atoms with Gasteiger partial charge in [-0.2, -0.15) is 0 Å². The summed E-state index contributed by atoms with van der Waals surface area (Å²) in [7, 11) is 0. The van der Waals surface area contributed by atoms with Crippen molar-refractivity contribution in [3.63, 3.8) is 0 Å². The minimum atomic E-state index is 0.697. The van der Waals surface area contributed by atoms with Gasteiger partial charge in [0.25, 0.3) is 0 Å². The number of hydrogen-bond donors (Lipinski definition) is 0. The van der Waals surface area contributed by atoms with Crippen LogP contribution in [0.25, 0.3) is 0 Å². The average Bonchev–Trinajstić information content (AvgIpc) is 2.82. The van der Waals surface area contributed by atoms with E-state index in [1.54, 1.807) is 0 Å². The lowest BCUT2D eigenvalue weighted by atomic mass is 9.77. The van der Waals surface area contributed by atoms with Crippen LogP contribution in [0.5, 0.6) is 0 Å². The summed E-state index contributed by atoms with van der Waals surface area (Å²) in [6.45, 7) is 5.61. The highest BCUT2D eigenvalue weighted by molar-refractivity contribution is 5.26. The van der Waals surface area contributed by atoms with Crippen LogP contribution in [0.15, 0.2) is 72.8 Å². The second kappa shape index (κ2) is 13.3. The number of allylic oxidation sites excluding steroid dienone is 3. The third-order valence-corrected chi connectivity index (χ3v) is 6.64. The number of ether oxygens (including phenoxy) is 1. The Balaban J connectivity index is 1.38. The molecule has 0 N–H and O–H groups in total. The summed E-state index contributed by atoms with van der Waals surface area (Å²) in [4.78, 5) is 0. The third-order valence-electron chi connectivity index (χ3n) is 6.64. The molecule has 1 aliphatic carbocycles. The monoisotopic (exact) mass is 416 g/mol. The highest BCUT2D eigenvalue weighted by atomic mass is 16.5. The van der Waals surface area contributed by atoms with Crippen LogP contribution in [0.1, 0.15) is 80.5 Å². The maximum atomic E-state index is 5.66. The molecule has 3 rings (SSSR count). The van der Waals surface area contributed by atoms with E-state index < -0.39 is 0 Å². The van der Waals surface area contributed by atoms with Crippen molar-refractivity contribution < 1.29 is 4.74 Å². The quantitative estimate of drug-likeness (QED) is 0.265. The van der Waals surface area contributed by atoms with Gasteiger partial charge in [-0.1, -0.05) is 79.8 Å².